The van der Waals surface area contributed by atoms with Gasteiger partial charge in [-0.2, -0.15) is 0 Å². The summed E-state index contributed by atoms with van der Waals surface area (Å²) in [5.74, 6) is 2.97. The lowest BCUT2D eigenvalue weighted by atomic mass is 9.95. The molecule has 2 aliphatic rings. The van der Waals surface area contributed by atoms with Crippen LogP contribution in [0.3, 0.4) is 0 Å². The lowest BCUT2D eigenvalue weighted by Gasteiger charge is -2.36. The Bertz CT molecular complexity index is 1620. The molecule has 2 amide bonds. The van der Waals surface area contributed by atoms with Crippen LogP contribution in [-0.4, -0.2) is 57.0 Å². The first kappa shape index (κ1) is 30.5. The zero-order chi connectivity index (χ0) is 31.3. The zero-order valence-electron chi connectivity index (χ0n) is 25.5. The number of hydrogen-bond acceptors (Lipinski definition) is 7. The minimum absolute atomic E-state index is 0.190. The molecule has 0 bridgehead atoms. The van der Waals surface area contributed by atoms with Crippen LogP contribution in [0.1, 0.15) is 50.7 Å². The first-order chi connectivity index (χ1) is 22.0. The fourth-order valence-electron chi connectivity index (χ4n) is 5.70. The number of imide groups is 1. The molecule has 0 saturated heterocycles. The van der Waals surface area contributed by atoms with E-state index in [1.54, 1.807) is 38.5 Å². The Hall–Kier alpha value is -4.55. The molecule has 45 heavy (non-hydrogen) atoms. The summed E-state index contributed by atoms with van der Waals surface area (Å²) in [5, 5.41) is 0. The molecule has 4 aromatic carbocycles. The van der Waals surface area contributed by atoms with Gasteiger partial charge in [-0.3, -0.25) is 14.5 Å². The van der Waals surface area contributed by atoms with Crippen LogP contribution in [-0.2, 0) is 0 Å². The number of hydrogen-bond donors (Lipinski definition) is 0. The summed E-state index contributed by atoms with van der Waals surface area (Å²) >= 11 is 0. The molecular formula is C36H37N2O6P. The molecule has 232 valence electrons. The number of methoxy groups -OCH3 is 2. The molecule has 2 unspecified atom stereocenters. The molecule has 1 aliphatic carbocycles. The maximum atomic E-state index is 13.3. The first-order valence-corrected chi connectivity index (χ1v) is 15.9. The van der Waals surface area contributed by atoms with E-state index in [0.29, 0.717) is 41.4 Å². The molecule has 1 fully saturated rings. The van der Waals surface area contributed by atoms with Crippen LogP contribution in [0, 0.1) is 5.92 Å². The number of fused-ring (bicyclic) bond motifs is 1. The summed E-state index contributed by atoms with van der Waals surface area (Å²) in [4.78, 5) is 30.2. The van der Waals surface area contributed by atoms with Gasteiger partial charge in [0.05, 0.1) is 38.0 Å². The molecule has 1 saturated carbocycles. The van der Waals surface area contributed by atoms with Crippen LogP contribution in [0.15, 0.2) is 91.0 Å². The Morgan fingerprint density at radius 2 is 1.42 bits per heavy atom. The topological polar surface area (TPSA) is 77.5 Å². The third-order valence-electron chi connectivity index (χ3n) is 8.29. The number of ether oxygens (including phenoxy) is 4. The number of amides is 2. The molecule has 0 aromatic heterocycles. The van der Waals surface area contributed by atoms with Gasteiger partial charge < -0.3 is 23.8 Å². The second kappa shape index (κ2) is 13.6. The number of carbonyl (C=O) groups excluding carboxylic acids is 2. The Morgan fingerprint density at radius 1 is 0.800 bits per heavy atom. The van der Waals surface area contributed by atoms with E-state index in [0.717, 1.165) is 34.9 Å². The van der Waals surface area contributed by atoms with Gasteiger partial charge in [0.2, 0.25) is 0 Å². The van der Waals surface area contributed by atoms with Crippen molar-refractivity contribution >= 4 is 26.7 Å². The van der Waals surface area contributed by atoms with E-state index in [2.05, 4.69) is 14.1 Å². The standard InChI is InChI=1S/C36H37N2O6P/c1-41-29-17-18-32(33(21-29)42-2)34(25-9-13-28(14-10-25)44-23-45)37(26-11-15-27(16-12-26)43-22-24-7-8-24)19-20-38-35(39)30-5-3-4-6-31(30)36(38)40/h3-6,9-18,21,24,34H,7-8,19-20,22-23,45H2,1-2H3. The van der Waals surface area contributed by atoms with Gasteiger partial charge >= 0.3 is 0 Å². The maximum Gasteiger partial charge on any atom is 0.261 e. The minimum atomic E-state index is -0.357. The molecule has 6 rings (SSSR count). The van der Waals surface area contributed by atoms with Gasteiger partial charge in [-0.1, -0.05) is 33.5 Å². The average molecular weight is 625 g/mol. The molecule has 9 heteroatoms. The number of carbonyl (C=O) groups is 2. The van der Waals surface area contributed by atoms with E-state index in [4.69, 9.17) is 18.9 Å². The van der Waals surface area contributed by atoms with Gasteiger partial charge in [0.25, 0.3) is 11.8 Å². The van der Waals surface area contributed by atoms with Gasteiger partial charge in [-0.15, -0.1) is 0 Å². The molecule has 0 N–H and O–H groups in total. The van der Waals surface area contributed by atoms with Gasteiger partial charge in [-0.05, 0) is 85.0 Å². The van der Waals surface area contributed by atoms with Crippen molar-refractivity contribution in [3.8, 4) is 23.0 Å². The Balaban J connectivity index is 1.40. The number of rotatable bonds is 14. The van der Waals surface area contributed by atoms with E-state index in [-0.39, 0.29) is 24.4 Å². The van der Waals surface area contributed by atoms with Crippen molar-refractivity contribution in [1.29, 1.82) is 0 Å². The summed E-state index contributed by atoms with van der Waals surface area (Å²) in [6, 6.07) is 28.4. The van der Waals surface area contributed by atoms with Crippen LogP contribution >= 0.6 is 9.24 Å². The summed E-state index contributed by atoms with van der Waals surface area (Å²) in [5.41, 5.74) is 3.65. The summed E-state index contributed by atoms with van der Waals surface area (Å²) in [7, 11) is 5.83. The fourth-order valence-corrected chi connectivity index (χ4v) is 5.90. The smallest absolute Gasteiger partial charge is 0.261 e. The van der Waals surface area contributed by atoms with Gasteiger partial charge in [0, 0.05) is 30.4 Å². The highest BCUT2D eigenvalue weighted by atomic mass is 31.0. The Kier molecular flexibility index (Phi) is 9.22. The zero-order valence-corrected chi connectivity index (χ0v) is 26.6. The van der Waals surface area contributed by atoms with Crippen molar-refractivity contribution in [1.82, 2.24) is 4.90 Å². The van der Waals surface area contributed by atoms with Gasteiger partial charge in [-0.25, -0.2) is 0 Å². The highest BCUT2D eigenvalue weighted by molar-refractivity contribution is 7.16. The number of anilines is 1. The summed E-state index contributed by atoms with van der Waals surface area (Å²) in [6.07, 6.45) is 2.92. The van der Waals surface area contributed by atoms with E-state index < -0.39 is 0 Å². The largest absolute Gasteiger partial charge is 0.497 e. The summed E-state index contributed by atoms with van der Waals surface area (Å²) in [6.45, 7) is 1.27. The highest BCUT2D eigenvalue weighted by Gasteiger charge is 2.36. The molecular weight excluding hydrogens is 587 g/mol. The van der Waals surface area contributed by atoms with E-state index in [9.17, 15) is 9.59 Å². The first-order valence-electron chi connectivity index (χ1n) is 15.1. The van der Waals surface area contributed by atoms with Crippen molar-refractivity contribution in [2.75, 3.05) is 45.2 Å². The van der Waals surface area contributed by atoms with E-state index >= 15 is 0 Å². The highest BCUT2D eigenvalue weighted by Crippen LogP contribution is 2.40. The van der Waals surface area contributed by atoms with Crippen molar-refractivity contribution in [2.24, 2.45) is 5.92 Å². The molecule has 2 atom stereocenters. The van der Waals surface area contributed by atoms with Crippen LogP contribution in [0.2, 0.25) is 0 Å². The molecule has 1 heterocycles. The SMILES string of the molecule is COc1ccc(C(c2ccc(OCP)cc2)N(CCN2C(=O)c3ccccc3C2=O)c2ccc(OCC3CC3)cc2)c(OC)c1. The number of nitrogens with zero attached hydrogens (tertiary/aromatic N) is 2. The van der Waals surface area contributed by atoms with Crippen LogP contribution in [0.5, 0.6) is 23.0 Å². The third-order valence-corrected chi connectivity index (χ3v) is 8.45. The Morgan fingerprint density at radius 3 is 2.02 bits per heavy atom. The number of benzene rings is 4. The van der Waals surface area contributed by atoms with Crippen molar-refractivity contribution in [2.45, 2.75) is 18.9 Å². The third kappa shape index (κ3) is 6.62. The molecule has 0 radical (unpaired) electrons. The Labute approximate surface area is 266 Å². The van der Waals surface area contributed by atoms with Crippen LogP contribution < -0.4 is 23.8 Å². The van der Waals surface area contributed by atoms with Crippen molar-refractivity contribution < 1.29 is 28.5 Å². The fraction of sp³-hybridized carbons (Fsp3) is 0.278. The monoisotopic (exact) mass is 624 g/mol. The van der Waals surface area contributed by atoms with Crippen LogP contribution in [0.25, 0.3) is 0 Å². The molecule has 4 aromatic rings. The second-order valence-electron chi connectivity index (χ2n) is 11.1. The predicted molar refractivity (Wildman–Crippen MR) is 177 cm³/mol. The molecule has 8 nitrogen and oxygen atoms in total. The average Bonchev–Trinajstić information content (AvgIpc) is 3.88. The lowest BCUT2D eigenvalue weighted by molar-refractivity contribution is 0.0657. The minimum Gasteiger partial charge on any atom is -0.497 e. The van der Waals surface area contributed by atoms with Crippen LogP contribution in [0.4, 0.5) is 5.69 Å². The molecule has 0 spiro atoms. The van der Waals surface area contributed by atoms with E-state index in [1.807, 2.05) is 66.7 Å². The van der Waals surface area contributed by atoms with Gasteiger partial charge in [0.15, 0.2) is 0 Å². The maximum absolute atomic E-state index is 13.3. The van der Waals surface area contributed by atoms with Crippen molar-refractivity contribution in [3.63, 3.8) is 0 Å². The van der Waals surface area contributed by atoms with E-state index in [1.165, 1.54) is 17.7 Å². The normalized spacial score (nSPS) is 14.6. The van der Waals surface area contributed by atoms with Gasteiger partial charge in [0.1, 0.15) is 29.3 Å². The quantitative estimate of drug-likeness (QED) is 0.116. The lowest BCUT2D eigenvalue weighted by Crippen LogP contribution is -2.40. The second-order valence-corrected chi connectivity index (χ2v) is 11.5. The van der Waals surface area contributed by atoms with Crippen molar-refractivity contribution in [3.05, 3.63) is 113 Å². The summed E-state index contributed by atoms with van der Waals surface area (Å²) < 4.78 is 23.1. The predicted octanol–water partition coefficient (Wildman–Crippen LogP) is 6.60. The molecule has 1 aliphatic heterocycles.